The Morgan fingerprint density at radius 2 is 2.04 bits per heavy atom. The number of carbonyl (C=O) groups is 2. The number of likely N-dealkylation sites (tertiary alicyclic amines) is 1. The lowest BCUT2D eigenvalue weighted by Crippen LogP contribution is -2.37. The Balaban J connectivity index is 1.76. The standard InChI is InChI=1S/C18H19FN4O3/c1-22-10-11(8-15(22)17(20)25)21-18(26)13-6-5-12(9-14(13)19)23-7-3-2-4-16(23)24/h2-7,9,11,15H,8,10H2,1H3,(H2,20,25)(H,21,26). The molecule has 2 heterocycles. The molecule has 0 spiro atoms. The molecular formula is C18H19FN4O3. The van der Waals surface area contributed by atoms with Gasteiger partial charge in [0.25, 0.3) is 11.5 Å². The van der Waals surface area contributed by atoms with E-state index in [1.807, 2.05) is 0 Å². The number of nitrogens with zero attached hydrogens (tertiary/aromatic N) is 2. The van der Waals surface area contributed by atoms with Crippen molar-refractivity contribution in [2.75, 3.05) is 13.6 Å². The molecule has 136 valence electrons. The zero-order chi connectivity index (χ0) is 18.8. The molecule has 1 aliphatic heterocycles. The van der Waals surface area contributed by atoms with E-state index < -0.39 is 23.7 Å². The Labute approximate surface area is 149 Å². The molecule has 0 radical (unpaired) electrons. The van der Waals surface area contributed by atoms with Gasteiger partial charge in [-0.05, 0) is 37.7 Å². The molecule has 1 aliphatic rings. The lowest BCUT2D eigenvalue weighted by atomic mass is 10.1. The van der Waals surface area contributed by atoms with E-state index in [-0.39, 0.29) is 17.2 Å². The third-order valence-electron chi connectivity index (χ3n) is 4.51. The summed E-state index contributed by atoms with van der Waals surface area (Å²) in [5.41, 5.74) is 5.23. The van der Waals surface area contributed by atoms with Gasteiger partial charge in [-0.1, -0.05) is 6.07 Å². The molecule has 1 aromatic heterocycles. The average Bonchev–Trinajstić information content (AvgIpc) is 2.95. The Hall–Kier alpha value is -3.00. The van der Waals surface area contributed by atoms with Gasteiger partial charge in [-0.2, -0.15) is 0 Å². The zero-order valence-electron chi connectivity index (χ0n) is 14.2. The maximum atomic E-state index is 14.4. The quantitative estimate of drug-likeness (QED) is 0.819. The predicted molar refractivity (Wildman–Crippen MR) is 93.5 cm³/mol. The van der Waals surface area contributed by atoms with Crippen LogP contribution < -0.4 is 16.6 Å². The summed E-state index contributed by atoms with van der Waals surface area (Å²) >= 11 is 0. The van der Waals surface area contributed by atoms with Gasteiger partial charge in [0.2, 0.25) is 5.91 Å². The van der Waals surface area contributed by atoms with Gasteiger partial charge in [0.15, 0.2) is 0 Å². The normalized spacial score (nSPS) is 20.1. The number of primary amides is 1. The summed E-state index contributed by atoms with van der Waals surface area (Å²) in [6.07, 6.45) is 1.91. The van der Waals surface area contributed by atoms with E-state index in [0.717, 1.165) is 6.07 Å². The maximum absolute atomic E-state index is 14.4. The molecule has 2 unspecified atom stereocenters. The van der Waals surface area contributed by atoms with Crippen LogP contribution in [0, 0.1) is 5.82 Å². The van der Waals surface area contributed by atoms with Crippen LogP contribution in [0.25, 0.3) is 5.69 Å². The number of hydrogen-bond donors (Lipinski definition) is 2. The molecule has 1 saturated heterocycles. The third-order valence-corrected chi connectivity index (χ3v) is 4.51. The number of amides is 2. The number of nitrogens with one attached hydrogen (secondary N) is 1. The molecule has 0 aliphatic carbocycles. The van der Waals surface area contributed by atoms with Crippen molar-refractivity contribution >= 4 is 11.8 Å². The minimum absolute atomic E-state index is 0.122. The van der Waals surface area contributed by atoms with Crippen LogP contribution in [0.5, 0.6) is 0 Å². The zero-order valence-corrected chi connectivity index (χ0v) is 14.2. The molecule has 2 amide bonds. The van der Waals surface area contributed by atoms with Crippen molar-refractivity contribution in [3.05, 3.63) is 64.3 Å². The van der Waals surface area contributed by atoms with Crippen LogP contribution in [0.2, 0.25) is 0 Å². The first-order valence-corrected chi connectivity index (χ1v) is 8.15. The summed E-state index contributed by atoms with van der Waals surface area (Å²) in [5, 5.41) is 2.72. The van der Waals surface area contributed by atoms with Gasteiger partial charge in [-0.25, -0.2) is 4.39 Å². The minimum Gasteiger partial charge on any atom is -0.368 e. The van der Waals surface area contributed by atoms with Crippen molar-refractivity contribution < 1.29 is 14.0 Å². The second kappa shape index (κ2) is 7.09. The van der Waals surface area contributed by atoms with Crippen LogP contribution in [0.3, 0.4) is 0 Å². The van der Waals surface area contributed by atoms with Crippen LogP contribution >= 0.6 is 0 Å². The number of benzene rings is 1. The van der Waals surface area contributed by atoms with Gasteiger partial charge in [0.05, 0.1) is 17.3 Å². The Bertz CT molecular complexity index is 911. The summed E-state index contributed by atoms with van der Waals surface area (Å²) in [5.74, 6) is -1.75. The smallest absolute Gasteiger partial charge is 0.255 e. The number of aromatic nitrogens is 1. The fraction of sp³-hybridized carbons (Fsp3) is 0.278. The number of hydrogen-bond acceptors (Lipinski definition) is 4. The molecule has 0 bridgehead atoms. The first-order chi connectivity index (χ1) is 12.4. The highest BCUT2D eigenvalue weighted by molar-refractivity contribution is 5.95. The molecule has 26 heavy (non-hydrogen) atoms. The highest BCUT2D eigenvalue weighted by atomic mass is 19.1. The van der Waals surface area contributed by atoms with Crippen LogP contribution in [-0.4, -0.2) is 47.0 Å². The molecule has 3 N–H and O–H groups in total. The van der Waals surface area contributed by atoms with Crippen LogP contribution in [0.4, 0.5) is 4.39 Å². The fourth-order valence-electron chi connectivity index (χ4n) is 3.18. The van der Waals surface area contributed by atoms with Gasteiger partial charge in [0.1, 0.15) is 5.82 Å². The summed E-state index contributed by atoms with van der Waals surface area (Å²) in [4.78, 5) is 37.3. The fourth-order valence-corrected chi connectivity index (χ4v) is 3.18. The number of pyridine rings is 1. The lowest BCUT2D eigenvalue weighted by molar-refractivity contribution is -0.121. The number of nitrogens with two attached hydrogens (primary N) is 1. The molecule has 0 saturated carbocycles. The van der Waals surface area contributed by atoms with E-state index in [0.29, 0.717) is 18.7 Å². The van der Waals surface area contributed by atoms with Crippen molar-refractivity contribution in [3.63, 3.8) is 0 Å². The average molecular weight is 358 g/mol. The second-order valence-electron chi connectivity index (χ2n) is 6.34. The second-order valence-corrected chi connectivity index (χ2v) is 6.34. The highest BCUT2D eigenvalue weighted by Crippen LogP contribution is 2.17. The summed E-state index contributed by atoms with van der Waals surface area (Å²) in [6, 6.07) is 7.86. The van der Waals surface area contributed by atoms with E-state index >= 15 is 0 Å². The molecule has 1 aromatic carbocycles. The minimum atomic E-state index is -0.728. The van der Waals surface area contributed by atoms with Crippen molar-refractivity contribution in [1.29, 1.82) is 0 Å². The monoisotopic (exact) mass is 358 g/mol. The van der Waals surface area contributed by atoms with E-state index in [1.165, 1.54) is 29.0 Å². The Kier molecular flexibility index (Phi) is 4.85. The van der Waals surface area contributed by atoms with E-state index in [9.17, 15) is 18.8 Å². The first kappa shape index (κ1) is 17.8. The molecular weight excluding hydrogens is 339 g/mol. The molecule has 8 heteroatoms. The van der Waals surface area contributed by atoms with Crippen molar-refractivity contribution in [1.82, 2.24) is 14.8 Å². The Morgan fingerprint density at radius 3 is 2.65 bits per heavy atom. The highest BCUT2D eigenvalue weighted by Gasteiger charge is 2.34. The predicted octanol–water partition coefficient (Wildman–Crippen LogP) is 0.264. The lowest BCUT2D eigenvalue weighted by Gasteiger charge is -2.14. The third kappa shape index (κ3) is 3.50. The topological polar surface area (TPSA) is 97.4 Å². The molecule has 2 aromatic rings. The van der Waals surface area contributed by atoms with E-state index in [4.69, 9.17) is 5.73 Å². The number of carbonyl (C=O) groups excluding carboxylic acids is 2. The van der Waals surface area contributed by atoms with Crippen molar-refractivity contribution in [2.24, 2.45) is 5.73 Å². The summed E-state index contributed by atoms with van der Waals surface area (Å²) < 4.78 is 15.7. The Morgan fingerprint density at radius 1 is 1.27 bits per heavy atom. The van der Waals surface area contributed by atoms with Crippen molar-refractivity contribution in [2.45, 2.75) is 18.5 Å². The van der Waals surface area contributed by atoms with Gasteiger partial charge in [0, 0.05) is 24.8 Å². The molecule has 2 atom stereocenters. The number of rotatable bonds is 4. The largest absolute Gasteiger partial charge is 0.368 e. The van der Waals surface area contributed by atoms with Gasteiger partial charge >= 0.3 is 0 Å². The number of likely N-dealkylation sites (N-methyl/N-ethyl adjacent to an activating group) is 1. The maximum Gasteiger partial charge on any atom is 0.255 e. The molecule has 7 nitrogen and oxygen atoms in total. The first-order valence-electron chi connectivity index (χ1n) is 8.15. The number of halogens is 1. The summed E-state index contributed by atoms with van der Waals surface area (Å²) in [6.45, 7) is 0.457. The van der Waals surface area contributed by atoms with Gasteiger partial charge in [-0.3, -0.25) is 23.9 Å². The molecule has 3 rings (SSSR count). The SMILES string of the molecule is CN1CC(NC(=O)c2ccc(-n3ccccc3=O)cc2F)CC1C(N)=O. The van der Waals surface area contributed by atoms with Crippen LogP contribution in [0.15, 0.2) is 47.4 Å². The van der Waals surface area contributed by atoms with E-state index in [2.05, 4.69) is 5.32 Å². The van der Waals surface area contributed by atoms with Crippen molar-refractivity contribution in [3.8, 4) is 5.69 Å². The van der Waals surface area contributed by atoms with Gasteiger partial charge < -0.3 is 11.1 Å². The van der Waals surface area contributed by atoms with Crippen LogP contribution in [-0.2, 0) is 4.79 Å². The summed E-state index contributed by atoms with van der Waals surface area (Å²) in [7, 11) is 1.74. The van der Waals surface area contributed by atoms with Gasteiger partial charge in [-0.15, -0.1) is 0 Å². The van der Waals surface area contributed by atoms with Crippen LogP contribution in [0.1, 0.15) is 16.8 Å². The van der Waals surface area contributed by atoms with E-state index in [1.54, 1.807) is 24.1 Å². The molecule has 1 fully saturated rings.